The molecule has 1 N–H and O–H groups in total. The normalized spacial score (nSPS) is 12.2. The summed E-state index contributed by atoms with van der Waals surface area (Å²) in [5, 5.41) is 16.1. The zero-order chi connectivity index (χ0) is 16.9. The molecule has 1 amide bonds. The van der Waals surface area contributed by atoms with Crippen LogP contribution in [0.2, 0.25) is 0 Å². The van der Waals surface area contributed by atoms with Gasteiger partial charge in [-0.1, -0.05) is 23.9 Å². The highest BCUT2D eigenvalue weighted by Crippen LogP contribution is 2.29. The third kappa shape index (κ3) is 3.88. The molecule has 0 spiro atoms. The van der Waals surface area contributed by atoms with Crippen molar-refractivity contribution in [1.82, 2.24) is 20.1 Å². The van der Waals surface area contributed by atoms with E-state index in [0.717, 1.165) is 27.3 Å². The molecule has 8 heteroatoms. The molecule has 5 nitrogen and oxygen atoms in total. The van der Waals surface area contributed by atoms with Crippen LogP contribution in [-0.4, -0.2) is 25.9 Å². The fourth-order valence-electron chi connectivity index (χ4n) is 2.19. The number of carbonyl (C=O) groups excluding carboxylic acids is 1. The molecule has 3 heterocycles. The number of hydrogen-bond donors (Lipinski definition) is 1. The molecule has 0 aromatic carbocycles. The zero-order valence-electron chi connectivity index (χ0n) is 13.4. The number of carbonyl (C=O) groups is 1. The molecule has 126 valence electrons. The third-order valence-electron chi connectivity index (χ3n) is 3.44. The van der Waals surface area contributed by atoms with Crippen molar-refractivity contribution in [1.29, 1.82) is 0 Å². The molecule has 3 rings (SSSR count). The lowest BCUT2D eigenvalue weighted by Crippen LogP contribution is -2.30. The summed E-state index contributed by atoms with van der Waals surface area (Å²) in [6.45, 7) is 5.30. The van der Waals surface area contributed by atoms with Gasteiger partial charge in [0.25, 0.3) is 0 Å². The lowest BCUT2D eigenvalue weighted by Gasteiger charge is -2.12. The van der Waals surface area contributed by atoms with Gasteiger partial charge >= 0.3 is 0 Å². The van der Waals surface area contributed by atoms with Crippen LogP contribution in [0.5, 0.6) is 0 Å². The quantitative estimate of drug-likeness (QED) is 0.634. The van der Waals surface area contributed by atoms with E-state index in [-0.39, 0.29) is 11.2 Å². The smallest absolute Gasteiger partial charge is 0.233 e. The fraction of sp³-hybridized carbons (Fsp3) is 0.312. The van der Waals surface area contributed by atoms with Gasteiger partial charge in [-0.25, -0.2) is 0 Å². The Balaban J connectivity index is 1.65. The molecule has 3 aromatic heterocycles. The molecule has 0 aliphatic carbocycles. The first-order valence-electron chi connectivity index (χ1n) is 7.63. The van der Waals surface area contributed by atoms with E-state index in [0.29, 0.717) is 6.54 Å². The molecule has 3 aromatic rings. The van der Waals surface area contributed by atoms with Crippen molar-refractivity contribution in [2.45, 2.75) is 37.3 Å². The van der Waals surface area contributed by atoms with Gasteiger partial charge in [0.05, 0.1) is 16.7 Å². The van der Waals surface area contributed by atoms with E-state index >= 15 is 0 Å². The van der Waals surface area contributed by atoms with Gasteiger partial charge in [-0.3, -0.25) is 4.79 Å². The molecular formula is C16H18N4OS3. The molecule has 0 saturated heterocycles. The predicted octanol–water partition coefficient (Wildman–Crippen LogP) is 3.89. The Morgan fingerprint density at radius 2 is 2.08 bits per heavy atom. The Morgan fingerprint density at radius 1 is 1.29 bits per heavy atom. The van der Waals surface area contributed by atoms with Crippen LogP contribution < -0.4 is 5.32 Å². The summed E-state index contributed by atoms with van der Waals surface area (Å²) >= 11 is 4.73. The van der Waals surface area contributed by atoms with Crippen LogP contribution in [-0.2, 0) is 17.9 Å². The molecule has 0 aliphatic heterocycles. The van der Waals surface area contributed by atoms with Crippen molar-refractivity contribution >= 4 is 40.3 Å². The number of nitrogens with one attached hydrogen (secondary N) is 1. The van der Waals surface area contributed by atoms with Crippen molar-refractivity contribution in [3.8, 4) is 10.7 Å². The van der Waals surface area contributed by atoms with Crippen LogP contribution >= 0.6 is 34.4 Å². The maximum atomic E-state index is 12.3. The largest absolute Gasteiger partial charge is 0.350 e. The summed E-state index contributed by atoms with van der Waals surface area (Å²) in [4.78, 5) is 14.5. The van der Waals surface area contributed by atoms with Crippen LogP contribution in [0.15, 0.2) is 40.2 Å². The van der Waals surface area contributed by atoms with E-state index in [1.165, 1.54) is 11.8 Å². The van der Waals surface area contributed by atoms with Gasteiger partial charge in [-0.15, -0.1) is 32.9 Å². The number of amides is 1. The van der Waals surface area contributed by atoms with Gasteiger partial charge < -0.3 is 9.88 Å². The molecule has 0 unspecified atom stereocenters. The molecule has 0 fully saturated rings. The van der Waals surface area contributed by atoms with Crippen molar-refractivity contribution < 1.29 is 4.79 Å². The maximum Gasteiger partial charge on any atom is 0.233 e. The van der Waals surface area contributed by atoms with Crippen LogP contribution in [0.1, 0.15) is 18.7 Å². The number of thioether (sulfide) groups is 1. The Morgan fingerprint density at radius 3 is 2.75 bits per heavy atom. The van der Waals surface area contributed by atoms with E-state index < -0.39 is 0 Å². The zero-order valence-corrected chi connectivity index (χ0v) is 15.9. The number of aromatic nitrogens is 3. The van der Waals surface area contributed by atoms with Gasteiger partial charge in [-0.2, -0.15) is 0 Å². The minimum absolute atomic E-state index is 0.0109. The maximum absolute atomic E-state index is 12.3. The van der Waals surface area contributed by atoms with Crippen molar-refractivity contribution in [3.05, 3.63) is 39.9 Å². The second kappa shape index (κ2) is 7.96. The lowest BCUT2D eigenvalue weighted by molar-refractivity contribution is -0.120. The molecule has 0 aliphatic rings. The van der Waals surface area contributed by atoms with Crippen LogP contribution in [0.4, 0.5) is 0 Å². The number of thiophene rings is 2. The third-order valence-corrected chi connectivity index (χ3v) is 6.27. The first kappa shape index (κ1) is 17.2. The van der Waals surface area contributed by atoms with E-state index in [1.807, 2.05) is 41.9 Å². The molecule has 0 bridgehead atoms. The van der Waals surface area contributed by atoms with E-state index in [4.69, 9.17) is 0 Å². The summed E-state index contributed by atoms with van der Waals surface area (Å²) in [5.41, 5.74) is 0. The molecule has 0 saturated carbocycles. The second-order valence-electron chi connectivity index (χ2n) is 5.08. The summed E-state index contributed by atoms with van der Waals surface area (Å²) in [6.07, 6.45) is 0. The average Bonchev–Trinajstić information content (AvgIpc) is 3.32. The van der Waals surface area contributed by atoms with Gasteiger partial charge in [0.15, 0.2) is 11.0 Å². The van der Waals surface area contributed by atoms with Crippen molar-refractivity contribution in [3.63, 3.8) is 0 Å². The minimum atomic E-state index is -0.226. The first-order chi connectivity index (χ1) is 11.7. The standard InChI is InChI=1S/C16H18N4OS3/c1-3-20-14(13-7-5-9-23-13)18-19-16(20)24-11(2)15(21)17-10-12-6-4-8-22-12/h4-9,11H,3,10H2,1-2H3,(H,17,21)/t11-/m0/s1. The van der Waals surface area contributed by atoms with Crippen molar-refractivity contribution in [2.75, 3.05) is 0 Å². The van der Waals surface area contributed by atoms with Crippen molar-refractivity contribution in [2.24, 2.45) is 0 Å². The summed E-state index contributed by atoms with van der Waals surface area (Å²) in [7, 11) is 0. The van der Waals surface area contributed by atoms with E-state index in [2.05, 4.69) is 27.0 Å². The average molecular weight is 379 g/mol. The monoisotopic (exact) mass is 378 g/mol. The Kier molecular flexibility index (Phi) is 5.70. The summed E-state index contributed by atoms with van der Waals surface area (Å²) < 4.78 is 2.06. The molecular weight excluding hydrogens is 360 g/mol. The highest BCUT2D eigenvalue weighted by molar-refractivity contribution is 8.00. The Bertz CT molecular complexity index is 780. The summed E-state index contributed by atoms with van der Waals surface area (Å²) in [5.74, 6) is 0.873. The van der Waals surface area contributed by atoms with Crippen LogP contribution in [0.25, 0.3) is 10.7 Å². The van der Waals surface area contributed by atoms with Gasteiger partial charge in [0.2, 0.25) is 5.91 Å². The Hall–Kier alpha value is -1.64. The minimum Gasteiger partial charge on any atom is -0.350 e. The molecule has 0 radical (unpaired) electrons. The fourth-order valence-corrected chi connectivity index (χ4v) is 4.49. The highest BCUT2D eigenvalue weighted by Gasteiger charge is 2.20. The van der Waals surface area contributed by atoms with Gasteiger partial charge in [0, 0.05) is 11.4 Å². The van der Waals surface area contributed by atoms with Gasteiger partial charge in [-0.05, 0) is 36.7 Å². The van der Waals surface area contributed by atoms with Crippen LogP contribution in [0.3, 0.4) is 0 Å². The first-order valence-corrected chi connectivity index (χ1v) is 10.3. The number of rotatable bonds is 7. The van der Waals surface area contributed by atoms with Gasteiger partial charge in [0.1, 0.15) is 0 Å². The number of nitrogens with zero attached hydrogens (tertiary/aromatic N) is 3. The SMILES string of the molecule is CCn1c(S[C@@H](C)C(=O)NCc2cccs2)nnc1-c1cccs1. The lowest BCUT2D eigenvalue weighted by atomic mass is 10.4. The molecule has 1 atom stereocenters. The van der Waals surface area contributed by atoms with E-state index in [9.17, 15) is 4.79 Å². The highest BCUT2D eigenvalue weighted by atomic mass is 32.2. The van der Waals surface area contributed by atoms with E-state index in [1.54, 1.807) is 22.7 Å². The predicted molar refractivity (Wildman–Crippen MR) is 100 cm³/mol. The number of hydrogen-bond acceptors (Lipinski definition) is 6. The summed E-state index contributed by atoms with van der Waals surface area (Å²) in [6, 6.07) is 8.04. The topological polar surface area (TPSA) is 59.8 Å². The van der Waals surface area contributed by atoms with Crippen LogP contribution in [0, 0.1) is 0 Å². The Labute approximate surface area is 153 Å². The molecule has 24 heavy (non-hydrogen) atoms. The second-order valence-corrected chi connectivity index (χ2v) is 8.37.